The van der Waals surface area contributed by atoms with E-state index in [1.54, 1.807) is 39.1 Å². The molecule has 1 aromatic carbocycles. The predicted molar refractivity (Wildman–Crippen MR) is 127 cm³/mol. The summed E-state index contributed by atoms with van der Waals surface area (Å²) in [5.41, 5.74) is 1.28. The molecule has 1 aromatic rings. The highest BCUT2D eigenvalue weighted by Gasteiger charge is 2.25. The fourth-order valence-electron chi connectivity index (χ4n) is 3.21. The summed E-state index contributed by atoms with van der Waals surface area (Å²) in [7, 11) is -2.04. The van der Waals surface area contributed by atoms with E-state index in [0.29, 0.717) is 18.8 Å². The van der Waals surface area contributed by atoms with E-state index in [0.717, 1.165) is 37.9 Å². The van der Waals surface area contributed by atoms with Gasteiger partial charge in [-0.05, 0) is 37.5 Å². The van der Waals surface area contributed by atoms with Crippen molar-refractivity contribution in [1.82, 2.24) is 14.5 Å². The van der Waals surface area contributed by atoms with Crippen LogP contribution < -0.4 is 16.0 Å². The van der Waals surface area contributed by atoms with E-state index in [1.165, 1.54) is 9.21 Å². The van der Waals surface area contributed by atoms with Crippen molar-refractivity contribution >= 4 is 33.2 Å². The molecule has 0 saturated heterocycles. The minimum absolute atomic E-state index is 0.00496. The number of carbonyl (C=O) groups excluding carboxylic acids is 2. The lowest BCUT2D eigenvalue weighted by Gasteiger charge is -2.21. The topological polar surface area (TPSA) is 111 Å². The number of nitrogens with zero attached hydrogens (tertiary/aromatic N) is 2. The lowest BCUT2D eigenvalue weighted by atomic mass is 10.2. The highest BCUT2D eigenvalue weighted by molar-refractivity contribution is 7.89. The van der Waals surface area contributed by atoms with Crippen LogP contribution in [0.5, 0.6) is 0 Å². The Morgan fingerprint density at radius 1 is 1.06 bits per heavy atom. The molecule has 0 aromatic heterocycles. The zero-order valence-electron chi connectivity index (χ0n) is 19.6. The monoisotopic (exact) mass is 467 g/mol. The molecule has 2 rings (SSSR count). The summed E-state index contributed by atoms with van der Waals surface area (Å²) in [5.74, 6) is -0.426. The molecule has 0 heterocycles. The number of nitrogens with one attached hydrogen (secondary N) is 3. The van der Waals surface area contributed by atoms with Crippen molar-refractivity contribution in [1.29, 1.82) is 0 Å². The van der Waals surface area contributed by atoms with E-state index < -0.39 is 10.0 Å². The van der Waals surface area contributed by atoms with E-state index in [1.807, 2.05) is 0 Å². The van der Waals surface area contributed by atoms with E-state index in [-0.39, 0.29) is 35.8 Å². The van der Waals surface area contributed by atoms with Gasteiger partial charge < -0.3 is 20.9 Å². The molecule has 10 heteroatoms. The van der Waals surface area contributed by atoms with Crippen molar-refractivity contribution in [2.24, 2.45) is 0 Å². The first-order valence-corrected chi connectivity index (χ1v) is 12.8. The Hall–Kier alpha value is -2.33. The molecular weight excluding hydrogens is 430 g/mol. The summed E-state index contributed by atoms with van der Waals surface area (Å²) in [6.45, 7) is 7.13. The van der Waals surface area contributed by atoms with Gasteiger partial charge in [-0.25, -0.2) is 8.42 Å². The number of unbranched alkanes of at least 4 members (excludes halogenated alkanes) is 1. The van der Waals surface area contributed by atoms with Crippen molar-refractivity contribution in [2.75, 3.05) is 50.4 Å². The lowest BCUT2D eigenvalue weighted by Crippen LogP contribution is -2.41. The second kappa shape index (κ2) is 12.1. The van der Waals surface area contributed by atoms with Gasteiger partial charge in [-0.2, -0.15) is 4.31 Å². The molecule has 1 aliphatic carbocycles. The summed E-state index contributed by atoms with van der Waals surface area (Å²) in [6, 6.07) is 5.13. The average Bonchev–Trinajstić information content (AvgIpc) is 3.57. The van der Waals surface area contributed by atoms with Gasteiger partial charge in [0.2, 0.25) is 21.8 Å². The molecule has 0 radical (unpaired) electrons. The Bertz CT molecular complexity index is 882. The minimum atomic E-state index is -3.62. The highest BCUT2D eigenvalue weighted by atomic mass is 32.2. The predicted octanol–water partition coefficient (Wildman–Crippen LogP) is 2.08. The third-order valence-corrected chi connectivity index (χ3v) is 7.40. The Morgan fingerprint density at radius 2 is 1.75 bits per heavy atom. The summed E-state index contributed by atoms with van der Waals surface area (Å²) in [4.78, 5) is 26.0. The molecule has 3 N–H and O–H groups in total. The van der Waals surface area contributed by atoms with Crippen LogP contribution in [0.1, 0.15) is 46.5 Å². The van der Waals surface area contributed by atoms with Gasteiger partial charge in [0.1, 0.15) is 0 Å². The molecule has 0 spiro atoms. The van der Waals surface area contributed by atoms with E-state index in [9.17, 15) is 18.0 Å². The van der Waals surface area contributed by atoms with E-state index in [2.05, 4.69) is 22.9 Å². The molecule has 0 unspecified atom stereocenters. The summed E-state index contributed by atoms with van der Waals surface area (Å²) in [5, 5.41) is 9.23. The number of hydrogen-bond acceptors (Lipinski definition) is 6. The Balaban J connectivity index is 2.12. The molecule has 1 saturated carbocycles. The van der Waals surface area contributed by atoms with Gasteiger partial charge in [0.25, 0.3) is 0 Å². The Morgan fingerprint density at radius 3 is 2.34 bits per heavy atom. The van der Waals surface area contributed by atoms with Crippen LogP contribution in [-0.4, -0.2) is 75.3 Å². The summed E-state index contributed by atoms with van der Waals surface area (Å²) in [6.07, 6.45) is 3.98. The number of rotatable bonds is 14. The maximum atomic E-state index is 12.9. The largest absolute Gasteiger partial charge is 0.383 e. The highest BCUT2D eigenvalue weighted by Crippen LogP contribution is 2.27. The van der Waals surface area contributed by atoms with Gasteiger partial charge in [0.15, 0.2) is 0 Å². The average molecular weight is 468 g/mol. The Kier molecular flexibility index (Phi) is 9.77. The number of hydrogen-bond donors (Lipinski definition) is 3. The lowest BCUT2D eigenvalue weighted by molar-refractivity contribution is -0.133. The van der Waals surface area contributed by atoms with Crippen LogP contribution in [0.2, 0.25) is 0 Å². The second-order valence-electron chi connectivity index (χ2n) is 8.02. The van der Waals surface area contributed by atoms with Crippen LogP contribution in [0.3, 0.4) is 0 Å². The first kappa shape index (κ1) is 25.9. The first-order valence-electron chi connectivity index (χ1n) is 11.4. The number of benzene rings is 1. The molecule has 9 nitrogen and oxygen atoms in total. The van der Waals surface area contributed by atoms with Crippen molar-refractivity contribution in [3.05, 3.63) is 18.2 Å². The van der Waals surface area contributed by atoms with Gasteiger partial charge >= 0.3 is 0 Å². The summed E-state index contributed by atoms with van der Waals surface area (Å²) >= 11 is 0. The number of amides is 2. The molecule has 0 aliphatic heterocycles. The summed E-state index contributed by atoms with van der Waals surface area (Å²) < 4.78 is 27.3. The number of sulfonamides is 1. The quantitative estimate of drug-likeness (QED) is 0.361. The smallest absolute Gasteiger partial charge is 0.243 e. The fraction of sp³-hybridized carbons (Fsp3) is 0.636. The second-order valence-corrected chi connectivity index (χ2v) is 9.96. The van der Waals surface area contributed by atoms with E-state index >= 15 is 0 Å². The van der Waals surface area contributed by atoms with Crippen LogP contribution in [0.15, 0.2) is 23.1 Å². The van der Waals surface area contributed by atoms with Crippen molar-refractivity contribution in [3.63, 3.8) is 0 Å². The third kappa shape index (κ3) is 7.37. The maximum Gasteiger partial charge on any atom is 0.243 e. The van der Waals surface area contributed by atoms with Crippen molar-refractivity contribution in [3.8, 4) is 0 Å². The molecule has 0 bridgehead atoms. The number of anilines is 2. The standard InChI is InChI=1S/C22H37N5O4S/c1-5-8-13-23-19-12-11-18(32(30,31)27(6-2)7-3)14-20(19)24-15-22(29)26(4)16-21(28)25-17-9-10-17/h11-12,14,17,23-24H,5-10,13,15-16H2,1-4H3,(H,25,28). The van der Waals surface area contributed by atoms with Crippen LogP contribution in [0.25, 0.3) is 0 Å². The van der Waals surface area contributed by atoms with Gasteiger partial charge in [0, 0.05) is 32.7 Å². The van der Waals surface area contributed by atoms with Gasteiger partial charge in [-0.15, -0.1) is 0 Å². The fourth-order valence-corrected chi connectivity index (χ4v) is 4.69. The molecule has 32 heavy (non-hydrogen) atoms. The van der Waals surface area contributed by atoms with Crippen LogP contribution in [-0.2, 0) is 19.6 Å². The third-order valence-electron chi connectivity index (χ3n) is 5.36. The van der Waals surface area contributed by atoms with E-state index in [4.69, 9.17) is 0 Å². The molecule has 1 fully saturated rings. The van der Waals surface area contributed by atoms with Crippen molar-refractivity contribution < 1.29 is 18.0 Å². The zero-order valence-corrected chi connectivity index (χ0v) is 20.4. The molecule has 2 amide bonds. The molecule has 180 valence electrons. The minimum Gasteiger partial charge on any atom is -0.383 e. The molecular formula is C22H37N5O4S. The van der Waals surface area contributed by atoms with Gasteiger partial charge in [-0.1, -0.05) is 27.2 Å². The SMILES string of the molecule is CCCCNc1ccc(S(=O)(=O)N(CC)CC)cc1NCC(=O)N(C)CC(=O)NC1CC1. The van der Waals surface area contributed by atoms with Gasteiger partial charge in [0.05, 0.1) is 29.4 Å². The van der Waals surface area contributed by atoms with Crippen LogP contribution in [0.4, 0.5) is 11.4 Å². The van der Waals surface area contributed by atoms with Crippen LogP contribution >= 0.6 is 0 Å². The Labute approximate surface area is 192 Å². The zero-order chi connectivity index (χ0) is 23.7. The first-order chi connectivity index (χ1) is 15.2. The normalized spacial score (nSPS) is 13.7. The molecule has 1 aliphatic rings. The number of carbonyl (C=O) groups is 2. The van der Waals surface area contributed by atoms with Gasteiger partial charge in [-0.3, -0.25) is 9.59 Å². The van der Waals surface area contributed by atoms with Crippen molar-refractivity contribution in [2.45, 2.75) is 57.4 Å². The molecule has 0 atom stereocenters. The maximum absolute atomic E-state index is 12.9. The van der Waals surface area contributed by atoms with Crippen LogP contribution in [0, 0.1) is 0 Å². The number of likely N-dealkylation sites (N-methyl/N-ethyl adjacent to an activating group) is 1.